The summed E-state index contributed by atoms with van der Waals surface area (Å²) in [6, 6.07) is 14.9. The molecule has 1 aromatic heterocycles. The third-order valence-corrected chi connectivity index (χ3v) is 5.11. The van der Waals surface area contributed by atoms with E-state index in [-0.39, 0.29) is 11.8 Å². The molecule has 0 radical (unpaired) electrons. The number of hydrogen-bond donors (Lipinski definition) is 1. The molecule has 6 heteroatoms. The number of nitrogens with one attached hydrogen (secondary N) is 1. The Hall–Kier alpha value is -1.92. The van der Waals surface area contributed by atoms with Gasteiger partial charge in [0.2, 0.25) is 10.0 Å². The van der Waals surface area contributed by atoms with Gasteiger partial charge in [-0.05, 0) is 24.1 Å². The van der Waals surface area contributed by atoms with Gasteiger partial charge in [0.25, 0.3) is 0 Å². The van der Waals surface area contributed by atoms with Gasteiger partial charge in [-0.25, -0.2) is 18.1 Å². The molecular weight excluding hydrogens is 298 g/mol. The molecule has 1 N–H and O–H groups in total. The van der Waals surface area contributed by atoms with E-state index in [0.717, 1.165) is 24.3 Å². The summed E-state index contributed by atoms with van der Waals surface area (Å²) >= 11 is 0. The fourth-order valence-corrected chi connectivity index (χ4v) is 4.11. The van der Waals surface area contributed by atoms with E-state index >= 15 is 0 Å². The third kappa shape index (κ3) is 3.84. The Balaban J connectivity index is 1.60. The molecule has 0 saturated carbocycles. The first-order chi connectivity index (χ1) is 10.6. The molecule has 0 amide bonds. The second-order valence-corrected chi connectivity index (χ2v) is 7.24. The molecule has 116 valence electrons. The maximum Gasteiger partial charge on any atom is 0.216 e. The maximum atomic E-state index is 12.3. The monoisotopic (exact) mass is 317 g/mol. The normalized spacial score (nSPS) is 18.5. The van der Waals surface area contributed by atoms with Gasteiger partial charge in [0, 0.05) is 25.3 Å². The summed E-state index contributed by atoms with van der Waals surface area (Å²) in [4.78, 5) is 6.41. The predicted molar refractivity (Wildman–Crippen MR) is 87.1 cm³/mol. The van der Waals surface area contributed by atoms with Crippen molar-refractivity contribution in [1.82, 2.24) is 9.71 Å². The highest BCUT2D eigenvalue weighted by Gasteiger charge is 2.27. The average Bonchev–Trinajstić information content (AvgIpc) is 2.96. The first-order valence-electron chi connectivity index (χ1n) is 7.32. The third-order valence-electron chi connectivity index (χ3n) is 3.71. The molecule has 1 fully saturated rings. The highest BCUT2D eigenvalue weighted by molar-refractivity contribution is 7.88. The summed E-state index contributed by atoms with van der Waals surface area (Å²) in [7, 11) is -3.32. The summed E-state index contributed by atoms with van der Waals surface area (Å²) in [5.74, 6) is 0.917. The van der Waals surface area contributed by atoms with E-state index in [2.05, 4.69) is 14.6 Å². The lowest BCUT2D eigenvalue weighted by molar-refractivity contribution is 0.560. The summed E-state index contributed by atoms with van der Waals surface area (Å²) in [5.41, 5.74) is 0.801. The first kappa shape index (κ1) is 15.0. The zero-order chi connectivity index (χ0) is 15.4. The Morgan fingerprint density at radius 3 is 2.64 bits per heavy atom. The number of nitrogens with zero attached hydrogens (tertiary/aromatic N) is 2. The highest BCUT2D eigenvalue weighted by atomic mass is 32.2. The van der Waals surface area contributed by atoms with E-state index in [1.807, 2.05) is 48.5 Å². The van der Waals surface area contributed by atoms with Crippen molar-refractivity contribution < 1.29 is 8.42 Å². The van der Waals surface area contributed by atoms with Gasteiger partial charge in [0.1, 0.15) is 5.82 Å². The van der Waals surface area contributed by atoms with Crippen molar-refractivity contribution in [3.05, 3.63) is 60.3 Å². The summed E-state index contributed by atoms with van der Waals surface area (Å²) < 4.78 is 27.3. The van der Waals surface area contributed by atoms with Crippen LogP contribution in [0.25, 0.3) is 0 Å². The molecule has 1 aliphatic heterocycles. The van der Waals surface area contributed by atoms with Crippen LogP contribution in [0.4, 0.5) is 5.82 Å². The number of aromatic nitrogens is 1. The van der Waals surface area contributed by atoms with E-state index in [9.17, 15) is 8.42 Å². The van der Waals surface area contributed by atoms with Gasteiger partial charge in [0.15, 0.2) is 0 Å². The van der Waals surface area contributed by atoms with Gasteiger partial charge < -0.3 is 4.90 Å². The van der Waals surface area contributed by atoms with Crippen LogP contribution in [-0.2, 0) is 15.8 Å². The fraction of sp³-hybridized carbons (Fsp3) is 0.312. The largest absolute Gasteiger partial charge is 0.355 e. The second-order valence-electron chi connectivity index (χ2n) is 5.48. The van der Waals surface area contributed by atoms with E-state index < -0.39 is 10.0 Å². The Morgan fingerprint density at radius 2 is 1.91 bits per heavy atom. The summed E-state index contributed by atoms with van der Waals surface area (Å²) in [5, 5.41) is 0. The molecule has 0 spiro atoms. The van der Waals surface area contributed by atoms with Crippen molar-refractivity contribution in [2.75, 3.05) is 18.0 Å². The van der Waals surface area contributed by atoms with Crippen LogP contribution in [0.2, 0.25) is 0 Å². The van der Waals surface area contributed by atoms with Gasteiger partial charge >= 0.3 is 0 Å². The molecule has 2 aromatic rings. The Labute approximate surface area is 131 Å². The zero-order valence-electron chi connectivity index (χ0n) is 12.2. The molecule has 3 rings (SSSR count). The second kappa shape index (κ2) is 6.46. The van der Waals surface area contributed by atoms with Crippen LogP contribution in [0.1, 0.15) is 12.0 Å². The molecule has 1 aromatic carbocycles. The molecule has 1 atom stereocenters. The van der Waals surface area contributed by atoms with E-state index in [1.54, 1.807) is 6.20 Å². The van der Waals surface area contributed by atoms with Crippen LogP contribution in [0.3, 0.4) is 0 Å². The lowest BCUT2D eigenvalue weighted by atomic mass is 10.2. The molecular formula is C16H19N3O2S. The number of rotatable bonds is 5. The van der Waals surface area contributed by atoms with Crippen LogP contribution in [0.5, 0.6) is 0 Å². The van der Waals surface area contributed by atoms with E-state index in [4.69, 9.17) is 0 Å². The van der Waals surface area contributed by atoms with Crippen molar-refractivity contribution in [3.63, 3.8) is 0 Å². The predicted octanol–water partition coefficient (Wildman–Crippen LogP) is 1.78. The number of pyridine rings is 1. The van der Waals surface area contributed by atoms with Crippen LogP contribution in [-0.4, -0.2) is 32.5 Å². The van der Waals surface area contributed by atoms with Gasteiger partial charge in [-0.2, -0.15) is 0 Å². The van der Waals surface area contributed by atoms with Crippen molar-refractivity contribution >= 4 is 15.8 Å². The number of anilines is 1. The molecule has 1 saturated heterocycles. The number of hydrogen-bond acceptors (Lipinski definition) is 4. The minimum absolute atomic E-state index is 0.0218. The zero-order valence-corrected chi connectivity index (χ0v) is 13.0. The molecule has 22 heavy (non-hydrogen) atoms. The molecule has 0 aliphatic carbocycles. The van der Waals surface area contributed by atoms with Crippen molar-refractivity contribution in [2.45, 2.75) is 18.2 Å². The van der Waals surface area contributed by atoms with E-state index in [0.29, 0.717) is 6.54 Å². The van der Waals surface area contributed by atoms with Crippen LogP contribution in [0.15, 0.2) is 54.7 Å². The van der Waals surface area contributed by atoms with Crippen LogP contribution < -0.4 is 9.62 Å². The maximum absolute atomic E-state index is 12.3. The molecule has 1 aliphatic rings. The van der Waals surface area contributed by atoms with Crippen molar-refractivity contribution in [3.8, 4) is 0 Å². The Morgan fingerprint density at radius 1 is 1.14 bits per heavy atom. The Kier molecular flexibility index (Phi) is 4.40. The quantitative estimate of drug-likeness (QED) is 0.913. The van der Waals surface area contributed by atoms with Gasteiger partial charge in [-0.15, -0.1) is 0 Å². The lowest BCUT2D eigenvalue weighted by Crippen LogP contribution is -2.37. The minimum Gasteiger partial charge on any atom is -0.355 e. The van der Waals surface area contributed by atoms with Crippen LogP contribution >= 0.6 is 0 Å². The van der Waals surface area contributed by atoms with Crippen LogP contribution in [0, 0.1) is 0 Å². The number of benzene rings is 1. The van der Waals surface area contributed by atoms with Gasteiger partial charge in [-0.1, -0.05) is 36.4 Å². The smallest absolute Gasteiger partial charge is 0.216 e. The average molecular weight is 317 g/mol. The molecule has 2 heterocycles. The van der Waals surface area contributed by atoms with Crippen molar-refractivity contribution in [2.24, 2.45) is 0 Å². The van der Waals surface area contributed by atoms with E-state index in [1.165, 1.54) is 0 Å². The standard InChI is InChI=1S/C16H19N3O2S/c20-22(21,13-14-6-2-1-3-7-14)18-15-9-11-19(12-15)16-8-4-5-10-17-16/h1-8,10,15,18H,9,11-13H2. The van der Waals surface area contributed by atoms with Gasteiger partial charge in [-0.3, -0.25) is 0 Å². The van der Waals surface area contributed by atoms with Gasteiger partial charge in [0.05, 0.1) is 5.75 Å². The SMILES string of the molecule is O=S(=O)(Cc1ccccc1)NC1CCN(c2ccccn2)C1. The summed E-state index contributed by atoms with van der Waals surface area (Å²) in [6.07, 6.45) is 2.55. The first-order valence-corrected chi connectivity index (χ1v) is 8.97. The fourth-order valence-electron chi connectivity index (χ4n) is 2.69. The molecule has 5 nitrogen and oxygen atoms in total. The highest BCUT2D eigenvalue weighted by Crippen LogP contribution is 2.18. The Bertz CT molecular complexity index is 705. The molecule has 1 unspecified atom stereocenters. The van der Waals surface area contributed by atoms with Crippen molar-refractivity contribution in [1.29, 1.82) is 0 Å². The minimum atomic E-state index is -3.32. The topological polar surface area (TPSA) is 62.3 Å². The lowest BCUT2D eigenvalue weighted by Gasteiger charge is -2.17. The molecule has 0 bridgehead atoms. The summed E-state index contributed by atoms with van der Waals surface area (Å²) in [6.45, 7) is 1.47. The number of sulfonamides is 1.